The van der Waals surface area contributed by atoms with Gasteiger partial charge in [0.25, 0.3) is 0 Å². The van der Waals surface area contributed by atoms with Gasteiger partial charge in [0.05, 0.1) is 5.75 Å². The molecule has 6 heteroatoms. The second-order valence-electron chi connectivity index (χ2n) is 4.70. The standard InChI is InChI=1S/C13H18N2O3S/c1-10(6-4-5-9-19(16)17)12-14-13(18-15-12)11-7-2-3-8-11/h4-6,11H,2-3,7-9H2,1H3,(H,16,17)/b5-4-,10-6+. The highest BCUT2D eigenvalue weighted by molar-refractivity contribution is 7.79. The molecule has 19 heavy (non-hydrogen) atoms. The summed E-state index contributed by atoms with van der Waals surface area (Å²) in [7, 11) is 0. The van der Waals surface area contributed by atoms with Crippen LogP contribution in [0.2, 0.25) is 0 Å². The van der Waals surface area contributed by atoms with E-state index in [-0.39, 0.29) is 5.75 Å². The van der Waals surface area contributed by atoms with Gasteiger partial charge in [-0.2, -0.15) is 4.98 Å². The molecule has 1 aliphatic carbocycles. The van der Waals surface area contributed by atoms with Gasteiger partial charge < -0.3 is 9.08 Å². The van der Waals surface area contributed by atoms with Crippen molar-refractivity contribution in [3.63, 3.8) is 0 Å². The minimum atomic E-state index is -1.79. The van der Waals surface area contributed by atoms with Crippen LogP contribution in [0.5, 0.6) is 0 Å². The fourth-order valence-corrected chi connectivity index (χ4v) is 2.43. The molecule has 1 aromatic heterocycles. The number of rotatable bonds is 5. The Kier molecular flexibility index (Phi) is 5.04. The summed E-state index contributed by atoms with van der Waals surface area (Å²) >= 11 is -1.79. The van der Waals surface area contributed by atoms with Gasteiger partial charge in [0.1, 0.15) is 0 Å². The van der Waals surface area contributed by atoms with Crippen molar-refractivity contribution in [2.24, 2.45) is 0 Å². The minimum absolute atomic E-state index is 0.128. The van der Waals surface area contributed by atoms with E-state index in [0.29, 0.717) is 11.7 Å². The summed E-state index contributed by atoms with van der Waals surface area (Å²) < 4.78 is 24.4. The number of allylic oxidation sites excluding steroid dienone is 3. The molecule has 0 spiro atoms. The summed E-state index contributed by atoms with van der Waals surface area (Å²) in [5.41, 5.74) is 0.882. The zero-order chi connectivity index (χ0) is 13.7. The summed E-state index contributed by atoms with van der Waals surface area (Å²) in [6.45, 7) is 1.89. The Balaban J connectivity index is 1.98. The van der Waals surface area contributed by atoms with Crippen LogP contribution in [0.4, 0.5) is 0 Å². The van der Waals surface area contributed by atoms with E-state index in [1.165, 1.54) is 12.8 Å². The number of aromatic nitrogens is 2. The van der Waals surface area contributed by atoms with Crippen LogP contribution in [-0.4, -0.2) is 24.7 Å². The molecule has 5 nitrogen and oxygen atoms in total. The largest absolute Gasteiger partial charge is 0.339 e. The van der Waals surface area contributed by atoms with Gasteiger partial charge in [0, 0.05) is 5.92 Å². The predicted octanol–water partition coefficient (Wildman–Crippen LogP) is 2.91. The molecule has 104 valence electrons. The summed E-state index contributed by atoms with van der Waals surface area (Å²) in [5, 5.41) is 3.98. The summed E-state index contributed by atoms with van der Waals surface area (Å²) in [4.78, 5) is 4.42. The van der Waals surface area contributed by atoms with Crippen molar-refractivity contribution in [1.29, 1.82) is 0 Å². The van der Waals surface area contributed by atoms with Crippen LogP contribution in [0.3, 0.4) is 0 Å². The zero-order valence-electron chi connectivity index (χ0n) is 10.9. The van der Waals surface area contributed by atoms with E-state index in [1.807, 2.05) is 13.0 Å². The van der Waals surface area contributed by atoms with Gasteiger partial charge >= 0.3 is 0 Å². The molecule has 1 unspecified atom stereocenters. The third-order valence-electron chi connectivity index (χ3n) is 3.22. The van der Waals surface area contributed by atoms with Gasteiger partial charge in [-0.1, -0.05) is 36.2 Å². The minimum Gasteiger partial charge on any atom is -0.339 e. The SMILES string of the molecule is C/C(=C\C=C/CS(=O)O)c1noc(C2CCCC2)n1. The van der Waals surface area contributed by atoms with Gasteiger partial charge in [-0.15, -0.1) is 0 Å². The Morgan fingerprint density at radius 3 is 2.95 bits per heavy atom. The number of hydrogen-bond acceptors (Lipinski definition) is 4. The van der Waals surface area contributed by atoms with Crippen LogP contribution in [0.1, 0.15) is 50.2 Å². The van der Waals surface area contributed by atoms with Crippen molar-refractivity contribution in [3.8, 4) is 0 Å². The van der Waals surface area contributed by atoms with E-state index in [2.05, 4.69) is 10.1 Å². The third kappa shape index (κ3) is 4.11. The zero-order valence-corrected chi connectivity index (χ0v) is 11.7. The lowest BCUT2D eigenvalue weighted by Crippen LogP contribution is -1.92. The first-order valence-corrected chi connectivity index (χ1v) is 7.69. The van der Waals surface area contributed by atoms with Crippen molar-refractivity contribution < 1.29 is 13.3 Å². The third-order valence-corrected chi connectivity index (χ3v) is 3.70. The van der Waals surface area contributed by atoms with E-state index >= 15 is 0 Å². The van der Waals surface area contributed by atoms with Crippen molar-refractivity contribution >= 4 is 16.7 Å². The Morgan fingerprint density at radius 2 is 2.26 bits per heavy atom. The molecule has 1 atom stereocenters. The molecule has 0 amide bonds. The Hall–Kier alpha value is -1.27. The van der Waals surface area contributed by atoms with Crippen LogP contribution in [0.15, 0.2) is 22.8 Å². The molecule has 1 N–H and O–H groups in total. The van der Waals surface area contributed by atoms with Crippen LogP contribution in [0, 0.1) is 0 Å². The molecular weight excluding hydrogens is 264 g/mol. The smallest absolute Gasteiger partial charge is 0.230 e. The maximum atomic E-state index is 10.5. The molecule has 0 aromatic carbocycles. The summed E-state index contributed by atoms with van der Waals surface area (Å²) in [5.74, 6) is 1.88. The van der Waals surface area contributed by atoms with Gasteiger partial charge in [0.15, 0.2) is 16.9 Å². The molecule has 0 bridgehead atoms. The van der Waals surface area contributed by atoms with E-state index < -0.39 is 11.1 Å². The average Bonchev–Trinajstić information content (AvgIpc) is 3.03. The van der Waals surface area contributed by atoms with Gasteiger partial charge in [-0.25, -0.2) is 4.21 Å². The quantitative estimate of drug-likeness (QED) is 0.663. The van der Waals surface area contributed by atoms with Crippen LogP contribution in [0.25, 0.3) is 5.57 Å². The van der Waals surface area contributed by atoms with Crippen molar-refractivity contribution in [2.45, 2.75) is 38.5 Å². The Bertz CT molecular complexity index is 502. The highest BCUT2D eigenvalue weighted by atomic mass is 32.2. The fourth-order valence-electron chi connectivity index (χ4n) is 2.16. The maximum Gasteiger partial charge on any atom is 0.230 e. The molecule has 0 radical (unpaired) electrons. The number of nitrogens with zero attached hydrogens (tertiary/aromatic N) is 2. The Morgan fingerprint density at radius 1 is 1.53 bits per heavy atom. The van der Waals surface area contributed by atoms with Crippen LogP contribution < -0.4 is 0 Å². The summed E-state index contributed by atoms with van der Waals surface area (Å²) in [6.07, 6.45) is 9.92. The lowest BCUT2D eigenvalue weighted by atomic mass is 10.1. The van der Waals surface area contributed by atoms with Crippen LogP contribution >= 0.6 is 0 Å². The fraction of sp³-hybridized carbons (Fsp3) is 0.538. The van der Waals surface area contributed by atoms with Crippen molar-refractivity contribution in [1.82, 2.24) is 10.1 Å². The predicted molar refractivity (Wildman–Crippen MR) is 73.9 cm³/mol. The summed E-state index contributed by atoms with van der Waals surface area (Å²) in [6, 6.07) is 0. The first kappa shape index (κ1) is 14.1. The molecule has 1 aliphatic rings. The molecule has 1 aromatic rings. The second kappa shape index (κ2) is 6.77. The van der Waals surface area contributed by atoms with Crippen LogP contribution in [-0.2, 0) is 11.1 Å². The van der Waals surface area contributed by atoms with E-state index in [0.717, 1.165) is 24.3 Å². The molecular formula is C13H18N2O3S. The normalized spacial score (nSPS) is 19.4. The molecule has 1 heterocycles. The molecule has 1 saturated carbocycles. The lowest BCUT2D eigenvalue weighted by molar-refractivity contribution is 0.352. The van der Waals surface area contributed by atoms with Gasteiger partial charge in [-0.3, -0.25) is 0 Å². The number of hydrogen-bond donors (Lipinski definition) is 1. The maximum absolute atomic E-state index is 10.5. The molecule has 0 saturated heterocycles. The highest BCUT2D eigenvalue weighted by Crippen LogP contribution is 2.33. The van der Waals surface area contributed by atoms with Gasteiger partial charge in [-0.05, 0) is 25.3 Å². The van der Waals surface area contributed by atoms with E-state index in [1.54, 1.807) is 12.2 Å². The monoisotopic (exact) mass is 282 g/mol. The molecule has 2 rings (SSSR count). The average molecular weight is 282 g/mol. The van der Waals surface area contributed by atoms with Crippen molar-refractivity contribution in [2.75, 3.05) is 5.75 Å². The topological polar surface area (TPSA) is 76.2 Å². The highest BCUT2D eigenvalue weighted by Gasteiger charge is 2.22. The first-order valence-electron chi connectivity index (χ1n) is 6.41. The van der Waals surface area contributed by atoms with Crippen molar-refractivity contribution in [3.05, 3.63) is 29.9 Å². The van der Waals surface area contributed by atoms with E-state index in [9.17, 15) is 4.21 Å². The second-order valence-corrected chi connectivity index (χ2v) is 5.68. The first-order chi connectivity index (χ1) is 9.16. The lowest BCUT2D eigenvalue weighted by Gasteiger charge is -1.99. The molecule has 0 aliphatic heterocycles. The molecule has 1 fully saturated rings. The Labute approximate surface area is 115 Å². The van der Waals surface area contributed by atoms with Gasteiger partial charge in [0.2, 0.25) is 5.89 Å². The van der Waals surface area contributed by atoms with E-state index in [4.69, 9.17) is 9.08 Å².